The van der Waals surface area contributed by atoms with Gasteiger partial charge in [0, 0.05) is 11.1 Å². The van der Waals surface area contributed by atoms with Gasteiger partial charge in [-0.05, 0) is 43.7 Å². The zero-order chi connectivity index (χ0) is 18.9. The van der Waals surface area contributed by atoms with Crippen molar-refractivity contribution in [1.82, 2.24) is 0 Å². The van der Waals surface area contributed by atoms with Crippen LogP contribution in [-0.2, 0) is 20.6 Å². The maximum atomic E-state index is 12.4. The predicted molar refractivity (Wildman–Crippen MR) is 102 cm³/mol. The van der Waals surface area contributed by atoms with E-state index in [-0.39, 0.29) is 18.3 Å². The van der Waals surface area contributed by atoms with Crippen molar-refractivity contribution in [3.63, 3.8) is 0 Å². The Bertz CT molecular complexity index is 957. The van der Waals surface area contributed by atoms with Gasteiger partial charge in [-0.2, -0.15) is 0 Å². The molecule has 138 valence electrons. The number of carbonyl (C=O) groups is 1. The molecular formula is C18H19ClN2O4S. The van der Waals surface area contributed by atoms with Crippen LogP contribution in [0.4, 0.5) is 11.4 Å². The van der Waals surface area contributed by atoms with E-state index in [2.05, 4.69) is 10.0 Å². The lowest BCUT2D eigenvalue weighted by Crippen LogP contribution is -2.33. The van der Waals surface area contributed by atoms with Crippen LogP contribution in [0.25, 0.3) is 0 Å². The summed E-state index contributed by atoms with van der Waals surface area (Å²) in [6.45, 7) is 3.76. The molecule has 8 heteroatoms. The number of hydrogen-bond donors (Lipinski definition) is 2. The molecule has 0 unspecified atom stereocenters. The van der Waals surface area contributed by atoms with Crippen LogP contribution in [0.3, 0.4) is 0 Å². The molecule has 3 rings (SSSR count). The molecule has 0 atom stereocenters. The minimum absolute atomic E-state index is 0.148. The molecule has 26 heavy (non-hydrogen) atoms. The molecule has 2 aromatic rings. The lowest BCUT2D eigenvalue weighted by atomic mass is 9.94. The SMILES string of the molecule is CC1(C)COc2cc(NS(=O)(=O)Cc3cccc(Cl)c3)ccc2NC1=O. The minimum Gasteiger partial charge on any atom is -0.490 e. The fourth-order valence-electron chi connectivity index (χ4n) is 2.49. The van der Waals surface area contributed by atoms with Crippen molar-refractivity contribution >= 4 is 38.9 Å². The summed E-state index contributed by atoms with van der Waals surface area (Å²) < 4.78 is 33.0. The summed E-state index contributed by atoms with van der Waals surface area (Å²) in [5.41, 5.74) is 0.786. The summed E-state index contributed by atoms with van der Waals surface area (Å²) in [7, 11) is -3.63. The van der Waals surface area contributed by atoms with Crippen LogP contribution in [0, 0.1) is 5.41 Å². The van der Waals surface area contributed by atoms with Gasteiger partial charge in [0.2, 0.25) is 15.9 Å². The Morgan fingerprint density at radius 2 is 2.00 bits per heavy atom. The third-order valence-electron chi connectivity index (χ3n) is 3.95. The Kier molecular flexibility index (Phi) is 4.86. The lowest BCUT2D eigenvalue weighted by Gasteiger charge is -2.18. The van der Waals surface area contributed by atoms with Gasteiger partial charge in [-0.3, -0.25) is 9.52 Å². The second-order valence-corrected chi connectivity index (χ2v) is 8.99. The first-order valence-corrected chi connectivity index (χ1v) is 10.0. The Labute approximate surface area is 157 Å². The summed E-state index contributed by atoms with van der Waals surface area (Å²) >= 11 is 5.90. The van der Waals surface area contributed by atoms with Crippen LogP contribution in [-0.4, -0.2) is 20.9 Å². The van der Waals surface area contributed by atoms with Crippen LogP contribution in [0.1, 0.15) is 19.4 Å². The molecule has 0 bridgehead atoms. The van der Waals surface area contributed by atoms with E-state index in [0.717, 1.165) is 0 Å². The van der Waals surface area contributed by atoms with E-state index in [1.54, 1.807) is 56.3 Å². The van der Waals surface area contributed by atoms with E-state index < -0.39 is 15.4 Å². The van der Waals surface area contributed by atoms with Crippen molar-refractivity contribution in [2.75, 3.05) is 16.6 Å². The normalized spacial score (nSPS) is 16.0. The zero-order valence-corrected chi connectivity index (χ0v) is 15.9. The average Bonchev–Trinajstić information content (AvgIpc) is 2.64. The summed E-state index contributed by atoms with van der Waals surface area (Å²) in [5.74, 6) is 0.0762. The van der Waals surface area contributed by atoms with Gasteiger partial charge in [-0.25, -0.2) is 8.42 Å². The molecule has 0 aromatic heterocycles. The highest BCUT2D eigenvalue weighted by atomic mass is 35.5. The molecule has 1 heterocycles. The fraction of sp³-hybridized carbons (Fsp3) is 0.278. The number of carbonyl (C=O) groups excluding carboxylic acids is 1. The number of nitrogens with one attached hydrogen (secondary N) is 2. The van der Waals surface area contributed by atoms with E-state index in [4.69, 9.17) is 16.3 Å². The monoisotopic (exact) mass is 394 g/mol. The molecule has 0 saturated carbocycles. The van der Waals surface area contributed by atoms with Gasteiger partial charge in [0.25, 0.3) is 0 Å². The second kappa shape index (κ2) is 6.81. The Balaban J connectivity index is 1.79. The Morgan fingerprint density at radius 3 is 2.73 bits per heavy atom. The molecule has 6 nitrogen and oxygen atoms in total. The number of anilines is 2. The number of benzene rings is 2. The third-order valence-corrected chi connectivity index (χ3v) is 5.45. The average molecular weight is 395 g/mol. The van der Waals surface area contributed by atoms with Gasteiger partial charge in [-0.15, -0.1) is 0 Å². The highest BCUT2D eigenvalue weighted by Crippen LogP contribution is 2.34. The molecule has 0 fully saturated rings. The second-order valence-electron chi connectivity index (χ2n) is 6.83. The van der Waals surface area contributed by atoms with Gasteiger partial charge in [0.15, 0.2) is 0 Å². The number of halogens is 1. The number of rotatable bonds is 4. The number of fused-ring (bicyclic) bond motifs is 1. The summed E-state index contributed by atoms with van der Waals surface area (Å²) in [5, 5.41) is 3.27. The third kappa shape index (κ3) is 4.28. The molecule has 1 amide bonds. The first kappa shape index (κ1) is 18.5. The van der Waals surface area contributed by atoms with E-state index in [1.165, 1.54) is 0 Å². The van der Waals surface area contributed by atoms with E-state index in [1.807, 2.05) is 0 Å². The van der Waals surface area contributed by atoms with Crippen molar-refractivity contribution < 1.29 is 17.9 Å². The summed E-state index contributed by atoms with van der Waals surface area (Å²) in [6, 6.07) is 11.5. The molecule has 0 spiro atoms. The van der Waals surface area contributed by atoms with Crippen LogP contribution < -0.4 is 14.8 Å². The zero-order valence-electron chi connectivity index (χ0n) is 14.4. The number of amides is 1. The Hall–Kier alpha value is -2.25. The van der Waals surface area contributed by atoms with Gasteiger partial charge in [0.05, 0.1) is 22.5 Å². The highest BCUT2D eigenvalue weighted by molar-refractivity contribution is 7.91. The van der Waals surface area contributed by atoms with Crippen molar-refractivity contribution in [3.8, 4) is 5.75 Å². The quantitative estimate of drug-likeness (QED) is 0.829. The number of sulfonamides is 1. The molecule has 0 radical (unpaired) electrons. The van der Waals surface area contributed by atoms with Crippen molar-refractivity contribution in [1.29, 1.82) is 0 Å². The smallest absolute Gasteiger partial charge is 0.236 e. The highest BCUT2D eigenvalue weighted by Gasteiger charge is 2.32. The molecule has 1 aliphatic rings. The number of hydrogen-bond acceptors (Lipinski definition) is 4. The van der Waals surface area contributed by atoms with Crippen molar-refractivity contribution in [2.45, 2.75) is 19.6 Å². The molecular weight excluding hydrogens is 376 g/mol. The first-order valence-electron chi connectivity index (χ1n) is 7.98. The van der Waals surface area contributed by atoms with Crippen LogP contribution in [0.15, 0.2) is 42.5 Å². The Morgan fingerprint density at radius 1 is 1.23 bits per heavy atom. The minimum atomic E-state index is -3.63. The van der Waals surface area contributed by atoms with E-state index in [0.29, 0.717) is 27.7 Å². The molecule has 0 aliphatic carbocycles. The lowest BCUT2D eigenvalue weighted by molar-refractivity contribution is -0.124. The fourth-order valence-corrected chi connectivity index (χ4v) is 3.88. The first-order chi connectivity index (χ1) is 12.1. The van der Waals surface area contributed by atoms with E-state index >= 15 is 0 Å². The van der Waals surface area contributed by atoms with Gasteiger partial charge >= 0.3 is 0 Å². The molecule has 0 saturated heterocycles. The van der Waals surface area contributed by atoms with E-state index in [9.17, 15) is 13.2 Å². The standard InChI is InChI=1S/C18H19ClN2O4S/c1-18(2)11-25-16-9-14(6-7-15(16)20-17(18)22)21-26(23,24)10-12-4-3-5-13(19)8-12/h3-9,21H,10-11H2,1-2H3,(H,20,22). The van der Waals surface area contributed by atoms with Crippen LogP contribution in [0.2, 0.25) is 5.02 Å². The van der Waals surface area contributed by atoms with Gasteiger partial charge in [-0.1, -0.05) is 23.7 Å². The molecule has 2 N–H and O–H groups in total. The predicted octanol–water partition coefficient (Wildman–Crippen LogP) is 3.64. The van der Waals surface area contributed by atoms with Gasteiger partial charge < -0.3 is 10.1 Å². The summed E-state index contributed by atoms with van der Waals surface area (Å²) in [4.78, 5) is 12.1. The summed E-state index contributed by atoms with van der Waals surface area (Å²) in [6.07, 6.45) is 0. The van der Waals surface area contributed by atoms with Crippen molar-refractivity contribution in [2.24, 2.45) is 5.41 Å². The number of ether oxygens (including phenoxy) is 1. The molecule has 1 aliphatic heterocycles. The maximum absolute atomic E-state index is 12.4. The molecule has 2 aromatic carbocycles. The van der Waals surface area contributed by atoms with Gasteiger partial charge in [0.1, 0.15) is 12.4 Å². The van der Waals surface area contributed by atoms with Crippen molar-refractivity contribution in [3.05, 3.63) is 53.1 Å². The van der Waals surface area contributed by atoms with Crippen LogP contribution >= 0.6 is 11.6 Å². The maximum Gasteiger partial charge on any atom is 0.236 e. The topological polar surface area (TPSA) is 84.5 Å². The van der Waals surface area contributed by atoms with Crippen LogP contribution in [0.5, 0.6) is 5.75 Å². The largest absolute Gasteiger partial charge is 0.490 e.